The van der Waals surface area contributed by atoms with Crippen molar-refractivity contribution in [2.75, 3.05) is 5.32 Å². The maximum atomic E-state index is 13.1. The lowest BCUT2D eigenvalue weighted by Crippen LogP contribution is -2.31. The van der Waals surface area contributed by atoms with Crippen LogP contribution < -0.4 is 11.1 Å². The van der Waals surface area contributed by atoms with Gasteiger partial charge in [-0.3, -0.25) is 4.79 Å². The van der Waals surface area contributed by atoms with Crippen molar-refractivity contribution < 1.29 is 22.4 Å². The number of alkyl halides is 3. The Labute approximate surface area is 114 Å². The van der Waals surface area contributed by atoms with Crippen LogP contribution >= 0.6 is 0 Å². The molecule has 20 heavy (non-hydrogen) atoms. The molecule has 0 radical (unpaired) electrons. The van der Waals surface area contributed by atoms with Crippen molar-refractivity contribution in [1.82, 2.24) is 0 Å². The second-order valence-corrected chi connectivity index (χ2v) is 4.85. The Bertz CT molecular complexity index is 486. The molecule has 0 fully saturated rings. The first-order valence-electron chi connectivity index (χ1n) is 6.03. The van der Waals surface area contributed by atoms with E-state index >= 15 is 0 Å². The minimum atomic E-state index is -4.81. The topological polar surface area (TPSA) is 55.1 Å². The zero-order valence-electron chi connectivity index (χ0n) is 11.1. The van der Waals surface area contributed by atoms with Crippen molar-refractivity contribution in [2.45, 2.75) is 32.5 Å². The van der Waals surface area contributed by atoms with Crippen LogP contribution in [0.3, 0.4) is 0 Å². The molecule has 112 valence electrons. The Hall–Kier alpha value is -1.63. The second kappa shape index (κ2) is 6.21. The molecule has 1 atom stereocenters. The van der Waals surface area contributed by atoms with Gasteiger partial charge < -0.3 is 11.1 Å². The van der Waals surface area contributed by atoms with Crippen LogP contribution in [0, 0.1) is 11.7 Å². The van der Waals surface area contributed by atoms with Gasteiger partial charge in [0.25, 0.3) is 0 Å². The molecule has 1 rings (SSSR count). The predicted molar refractivity (Wildman–Crippen MR) is 67.5 cm³/mol. The molecule has 0 heterocycles. The quantitative estimate of drug-likeness (QED) is 0.838. The summed E-state index contributed by atoms with van der Waals surface area (Å²) in [6.07, 6.45) is -4.82. The third-order valence-corrected chi connectivity index (χ3v) is 2.83. The molecule has 0 saturated heterocycles. The number of anilines is 1. The molecule has 0 aromatic heterocycles. The SMILES string of the molecule is CC(C)C(N)CC(=O)Nc1ccc(F)c(C(F)(F)F)c1. The molecule has 0 saturated carbocycles. The summed E-state index contributed by atoms with van der Waals surface area (Å²) < 4.78 is 50.6. The Balaban J connectivity index is 2.81. The van der Waals surface area contributed by atoms with Crippen LogP contribution in [0.2, 0.25) is 0 Å². The molecule has 7 heteroatoms. The van der Waals surface area contributed by atoms with Crippen LogP contribution in [0.4, 0.5) is 23.2 Å². The molecule has 3 N–H and O–H groups in total. The van der Waals surface area contributed by atoms with E-state index in [4.69, 9.17) is 5.73 Å². The average Bonchev–Trinajstić information content (AvgIpc) is 2.29. The number of amides is 1. The van der Waals surface area contributed by atoms with Crippen LogP contribution in [-0.2, 0) is 11.0 Å². The molecule has 3 nitrogen and oxygen atoms in total. The first kappa shape index (κ1) is 16.4. The molecular weight excluding hydrogens is 276 g/mol. The fourth-order valence-corrected chi connectivity index (χ4v) is 1.48. The number of hydrogen-bond donors (Lipinski definition) is 2. The largest absolute Gasteiger partial charge is 0.419 e. The van der Waals surface area contributed by atoms with Crippen LogP contribution in [-0.4, -0.2) is 11.9 Å². The maximum absolute atomic E-state index is 13.1. The lowest BCUT2D eigenvalue weighted by molar-refractivity contribution is -0.140. The van der Waals surface area contributed by atoms with E-state index < -0.39 is 29.5 Å². The lowest BCUT2D eigenvalue weighted by atomic mass is 10.0. The molecule has 0 aliphatic rings. The van der Waals surface area contributed by atoms with Gasteiger partial charge in [-0.15, -0.1) is 0 Å². The lowest BCUT2D eigenvalue weighted by Gasteiger charge is -2.15. The third kappa shape index (κ3) is 4.48. The molecule has 0 spiro atoms. The Morgan fingerprint density at radius 1 is 1.35 bits per heavy atom. The molecule has 0 aliphatic heterocycles. The summed E-state index contributed by atoms with van der Waals surface area (Å²) in [5.74, 6) is -1.82. The highest BCUT2D eigenvalue weighted by atomic mass is 19.4. The summed E-state index contributed by atoms with van der Waals surface area (Å²) in [4.78, 5) is 11.6. The smallest absolute Gasteiger partial charge is 0.327 e. The zero-order valence-corrected chi connectivity index (χ0v) is 11.1. The van der Waals surface area contributed by atoms with Gasteiger partial charge in [-0.25, -0.2) is 4.39 Å². The number of nitrogens with two attached hydrogens (primary N) is 1. The van der Waals surface area contributed by atoms with E-state index in [-0.39, 0.29) is 18.0 Å². The molecule has 1 unspecified atom stereocenters. The van der Waals surface area contributed by atoms with E-state index in [0.29, 0.717) is 12.1 Å². The molecule has 0 aliphatic carbocycles. The van der Waals surface area contributed by atoms with Gasteiger partial charge in [-0.2, -0.15) is 13.2 Å². The Morgan fingerprint density at radius 3 is 2.45 bits per heavy atom. The van der Waals surface area contributed by atoms with Gasteiger partial charge in [0.1, 0.15) is 5.82 Å². The zero-order chi connectivity index (χ0) is 15.5. The van der Waals surface area contributed by atoms with Gasteiger partial charge >= 0.3 is 6.18 Å². The second-order valence-electron chi connectivity index (χ2n) is 4.85. The van der Waals surface area contributed by atoms with Crippen molar-refractivity contribution in [3.05, 3.63) is 29.6 Å². The normalized spacial score (nSPS) is 13.4. The van der Waals surface area contributed by atoms with Gasteiger partial charge in [0.2, 0.25) is 5.91 Å². The van der Waals surface area contributed by atoms with E-state index in [9.17, 15) is 22.4 Å². The fourth-order valence-electron chi connectivity index (χ4n) is 1.48. The van der Waals surface area contributed by atoms with E-state index in [1.165, 1.54) is 0 Å². The number of halogens is 4. The van der Waals surface area contributed by atoms with Crippen LogP contribution in [0.5, 0.6) is 0 Å². The summed E-state index contributed by atoms with van der Waals surface area (Å²) in [5.41, 5.74) is 4.17. The van der Waals surface area contributed by atoms with Crippen LogP contribution in [0.25, 0.3) is 0 Å². The maximum Gasteiger partial charge on any atom is 0.419 e. The number of rotatable bonds is 4. The number of benzene rings is 1. The van der Waals surface area contributed by atoms with Crippen molar-refractivity contribution in [3.63, 3.8) is 0 Å². The first-order chi connectivity index (χ1) is 9.11. The summed E-state index contributed by atoms with van der Waals surface area (Å²) >= 11 is 0. The van der Waals surface area contributed by atoms with Gasteiger partial charge in [0.05, 0.1) is 5.56 Å². The Morgan fingerprint density at radius 2 is 1.95 bits per heavy atom. The molecule has 0 bridgehead atoms. The van der Waals surface area contributed by atoms with Gasteiger partial charge in [0.15, 0.2) is 0 Å². The van der Waals surface area contributed by atoms with E-state index in [1.807, 2.05) is 13.8 Å². The summed E-state index contributed by atoms with van der Waals surface area (Å²) in [6, 6.07) is 1.91. The third-order valence-electron chi connectivity index (χ3n) is 2.83. The van der Waals surface area contributed by atoms with E-state index in [1.54, 1.807) is 0 Å². The fraction of sp³-hybridized carbons (Fsp3) is 0.462. The standard InChI is InChI=1S/C13H16F4N2O/c1-7(2)11(18)6-12(20)19-8-3-4-10(14)9(5-8)13(15,16)17/h3-5,7,11H,6,18H2,1-2H3,(H,19,20). The first-order valence-corrected chi connectivity index (χ1v) is 6.03. The van der Waals surface area contributed by atoms with Crippen molar-refractivity contribution in [2.24, 2.45) is 11.7 Å². The minimum Gasteiger partial charge on any atom is -0.327 e. The van der Waals surface area contributed by atoms with Crippen LogP contribution in [0.15, 0.2) is 18.2 Å². The highest BCUT2D eigenvalue weighted by Crippen LogP contribution is 2.33. The van der Waals surface area contributed by atoms with Crippen molar-refractivity contribution in [1.29, 1.82) is 0 Å². The summed E-state index contributed by atoms with van der Waals surface area (Å²) in [6.45, 7) is 3.66. The summed E-state index contributed by atoms with van der Waals surface area (Å²) in [5, 5.41) is 2.28. The average molecular weight is 292 g/mol. The monoisotopic (exact) mass is 292 g/mol. The highest BCUT2D eigenvalue weighted by molar-refractivity contribution is 5.91. The van der Waals surface area contributed by atoms with Gasteiger partial charge in [-0.1, -0.05) is 13.8 Å². The van der Waals surface area contributed by atoms with E-state index in [2.05, 4.69) is 5.32 Å². The van der Waals surface area contributed by atoms with E-state index in [0.717, 1.165) is 6.07 Å². The number of carbonyl (C=O) groups excluding carboxylic acids is 1. The van der Waals surface area contributed by atoms with Gasteiger partial charge in [0, 0.05) is 18.2 Å². The number of nitrogens with one attached hydrogen (secondary N) is 1. The van der Waals surface area contributed by atoms with Crippen molar-refractivity contribution >= 4 is 11.6 Å². The highest BCUT2D eigenvalue weighted by Gasteiger charge is 2.34. The number of hydrogen-bond acceptors (Lipinski definition) is 2. The molecular formula is C13H16F4N2O. The number of carbonyl (C=O) groups is 1. The van der Waals surface area contributed by atoms with Crippen LogP contribution in [0.1, 0.15) is 25.8 Å². The Kier molecular flexibility index (Phi) is 5.10. The summed E-state index contributed by atoms with van der Waals surface area (Å²) in [7, 11) is 0. The van der Waals surface area contributed by atoms with Crippen molar-refractivity contribution in [3.8, 4) is 0 Å². The molecule has 1 amide bonds. The van der Waals surface area contributed by atoms with Gasteiger partial charge in [-0.05, 0) is 24.1 Å². The molecule has 1 aromatic rings. The molecule has 1 aromatic carbocycles. The minimum absolute atomic E-state index is 0.0175. The predicted octanol–water partition coefficient (Wildman–Crippen LogP) is 3.16.